The Labute approximate surface area is 108 Å². The van der Waals surface area contributed by atoms with Crippen molar-refractivity contribution in [3.05, 3.63) is 39.2 Å². The van der Waals surface area contributed by atoms with E-state index in [2.05, 4.69) is 0 Å². The molecule has 102 valence electrons. The number of likely N-dealkylation sites (tertiary alicyclic amines) is 1. The van der Waals surface area contributed by atoms with Crippen LogP contribution >= 0.6 is 0 Å². The maximum Gasteiger partial charge on any atom is 0.270 e. The molecule has 2 rings (SSSR count). The summed E-state index contributed by atoms with van der Waals surface area (Å²) in [6, 6.07) is 2.03. The molecule has 1 aliphatic heterocycles. The number of non-ortho nitro benzene ring substituents is 1. The third-order valence-corrected chi connectivity index (χ3v) is 3.13. The van der Waals surface area contributed by atoms with E-state index in [1.807, 2.05) is 0 Å². The van der Waals surface area contributed by atoms with Gasteiger partial charge in [0.25, 0.3) is 11.6 Å². The molecule has 7 heteroatoms. The summed E-state index contributed by atoms with van der Waals surface area (Å²) in [5, 5.41) is 20.1. The fourth-order valence-electron chi connectivity index (χ4n) is 2.11. The van der Waals surface area contributed by atoms with E-state index in [0.29, 0.717) is 13.0 Å². The van der Waals surface area contributed by atoms with E-state index in [0.717, 1.165) is 12.1 Å². The van der Waals surface area contributed by atoms with Crippen LogP contribution in [0, 0.1) is 22.9 Å². The minimum absolute atomic E-state index is 0.0531. The van der Waals surface area contributed by atoms with Crippen molar-refractivity contribution in [2.45, 2.75) is 19.4 Å². The number of nitro groups is 1. The Kier molecular flexibility index (Phi) is 3.48. The number of aryl methyl sites for hydroxylation is 1. The minimum Gasteiger partial charge on any atom is -0.391 e. The van der Waals surface area contributed by atoms with Crippen LogP contribution < -0.4 is 0 Å². The van der Waals surface area contributed by atoms with Gasteiger partial charge in [-0.2, -0.15) is 0 Å². The molecule has 1 atom stereocenters. The van der Waals surface area contributed by atoms with E-state index in [-0.39, 0.29) is 23.4 Å². The lowest BCUT2D eigenvalue weighted by Crippen LogP contribution is -2.30. The summed E-state index contributed by atoms with van der Waals surface area (Å²) in [5.74, 6) is -1.38. The van der Waals surface area contributed by atoms with Crippen molar-refractivity contribution in [3.8, 4) is 0 Å². The standard InChI is InChI=1S/C12H13FN2O4/c1-7-4-8(15(18)19)5-10(11(7)13)12(17)14-3-2-9(16)6-14/h4-5,9,16H,2-3,6H2,1H3. The van der Waals surface area contributed by atoms with Crippen LogP contribution in [0.5, 0.6) is 0 Å². The van der Waals surface area contributed by atoms with Gasteiger partial charge in [-0.25, -0.2) is 4.39 Å². The zero-order chi connectivity index (χ0) is 14.2. The number of nitrogens with zero attached hydrogens (tertiary/aromatic N) is 2. The van der Waals surface area contributed by atoms with Crippen LogP contribution in [-0.4, -0.2) is 40.0 Å². The smallest absolute Gasteiger partial charge is 0.270 e. The fourth-order valence-corrected chi connectivity index (χ4v) is 2.11. The van der Waals surface area contributed by atoms with Crippen LogP contribution in [0.4, 0.5) is 10.1 Å². The second kappa shape index (κ2) is 4.93. The highest BCUT2D eigenvalue weighted by Crippen LogP contribution is 2.23. The van der Waals surface area contributed by atoms with Gasteiger partial charge in [-0.3, -0.25) is 14.9 Å². The number of halogens is 1. The van der Waals surface area contributed by atoms with Gasteiger partial charge in [0, 0.05) is 25.2 Å². The van der Waals surface area contributed by atoms with E-state index in [9.17, 15) is 24.4 Å². The lowest BCUT2D eigenvalue weighted by Gasteiger charge is -2.16. The van der Waals surface area contributed by atoms with Crippen molar-refractivity contribution < 1.29 is 19.2 Å². The van der Waals surface area contributed by atoms with Gasteiger partial charge in [0.05, 0.1) is 16.6 Å². The molecule has 1 aliphatic rings. The maximum absolute atomic E-state index is 13.9. The number of hydrogen-bond donors (Lipinski definition) is 1. The largest absolute Gasteiger partial charge is 0.391 e. The monoisotopic (exact) mass is 268 g/mol. The third kappa shape index (κ3) is 2.55. The normalized spacial score (nSPS) is 18.7. The van der Waals surface area contributed by atoms with Gasteiger partial charge >= 0.3 is 0 Å². The fraction of sp³-hybridized carbons (Fsp3) is 0.417. The topological polar surface area (TPSA) is 83.7 Å². The summed E-state index contributed by atoms with van der Waals surface area (Å²) in [4.78, 5) is 23.5. The van der Waals surface area contributed by atoms with Gasteiger partial charge in [0.15, 0.2) is 0 Å². The molecule has 19 heavy (non-hydrogen) atoms. The molecule has 1 aromatic rings. The van der Waals surface area contributed by atoms with Crippen molar-refractivity contribution in [2.75, 3.05) is 13.1 Å². The van der Waals surface area contributed by atoms with Gasteiger partial charge in [-0.1, -0.05) is 0 Å². The van der Waals surface area contributed by atoms with Crippen LogP contribution in [0.15, 0.2) is 12.1 Å². The highest BCUT2D eigenvalue weighted by atomic mass is 19.1. The summed E-state index contributed by atoms with van der Waals surface area (Å²) < 4.78 is 13.9. The summed E-state index contributed by atoms with van der Waals surface area (Å²) in [5.41, 5.74) is -0.583. The highest BCUT2D eigenvalue weighted by Gasteiger charge is 2.29. The Morgan fingerprint density at radius 2 is 2.26 bits per heavy atom. The second-order valence-corrected chi connectivity index (χ2v) is 4.57. The van der Waals surface area contributed by atoms with Crippen molar-refractivity contribution in [2.24, 2.45) is 0 Å². The number of rotatable bonds is 2. The second-order valence-electron chi connectivity index (χ2n) is 4.57. The summed E-state index contributed by atoms with van der Waals surface area (Å²) in [6.45, 7) is 1.82. The lowest BCUT2D eigenvalue weighted by molar-refractivity contribution is -0.385. The molecule has 0 aliphatic carbocycles. The molecule has 0 radical (unpaired) electrons. The SMILES string of the molecule is Cc1cc([N+](=O)[O-])cc(C(=O)N2CCC(O)C2)c1F. The van der Waals surface area contributed by atoms with E-state index in [1.54, 1.807) is 0 Å². The molecule has 1 amide bonds. The molecule has 1 fully saturated rings. The number of nitro benzene ring substituents is 1. The zero-order valence-corrected chi connectivity index (χ0v) is 10.3. The molecule has 1 heterocycles. The summed E-state index contributed by atoms with van der Waals surface area (Å²) in [7, 11) is 0. The van der Waals surface area contributed by atoms with E-state index >= 15 is 0 Å². The lowest BCUT2D eigenvalue weighted by atomic mass is 10.1. The number of amides is 1. The Morgan fingerprint density at radius 3 is 2.79 bits per heavy atom. The number of aliphatic hydroxyl groups is 1. The molecular weight excluding hydrogens is 255 g/mol. The molecular formula is C12H13FN2O4. The predicted octanol–water partition coefficient (Wildman–Crippen LogP) is 1.25. The molecule has 0 aromatic heterocycles. The van der Waals surface area contributed by atoms with E-state index in [1.165, 1.54) is 11.8 Å². The third-order valence-electron chi connectivity index (χ3n) is 3.13. The Morgan fingerprint density at radius 1 is 1.58 bits per heavy atom. The van der Waals surface area contributed by atoms with Crippen molar-refractivity contribution >= 4 is 11.6 Å². The van der Waals surface area contributed by atoms with Gasteiger partial charge in [0.2, 0.25) is 0 Å². The van der Waals surface area contributed by atoms with Crippen LogP contribution in [0.1, 0.15) is 22.3 Å². The Bertz CT molecular complexity index is 547. The van der Waals surface area contributed by atoms with Gasteiger partial charge in [-0.05, 0) is 18.9 Å². The predicted molar refractivity (Wildman–Crippen MR) is 64.3 cm³/mol. The molecule has 1 aromatic carbocycles. The summed E-state index contributed by atoms with van der Waals surface area (Å²) in [6.07, 6.45) is -0.187. The van der Waals surface area contributed by atoms with Gasteiger partial charge in [-0.15, -0.1) is 0 Å². The number of aliphatic hydroxyl groups excluding tert-OH is 1. The molecule has 1 saturated heterocycles. The number of carbonyl (C=O) groups is 1. The Balaban J connectivity index is 2.38. The molecule has 0 saturated carbocycles. The molecule has 0 spiro atoms. The van der Waals surface area contributed by atoms with Crippen molar-refractivity contribution in [1.29, 1.82) is 0 Å². The molecule has 0 bridgehead atoms. The van der Waals surface area contributed by atoms with Gasteiger partial charge in [0.1, 0.15) is 5.82 Å². The van der Waals surface area contributed by atoms with Crippen molar-refractivity contribution in [3.63, 3.8) is 0 Å². The summed E-state index contributed by atoms with van der Waals surface area (Å²) >= 11 is 0. The maximum atomic E-state index is 13.9. The van der Waals surface area contributed by atoms with Crippen molar-refractivity contribution in [1.82, 2.24) is 4.90 Å². The molecule has 6 nitrogen and oxygen atoms in total. The first-order valence-corrected chi connectivity index (χ1v) is 5.82. The number of carbonyl (C=O) groups excluding carboxylic acids is 1. The molecule has 1 N–H and O–H groups in total. The minimum atomic E-state index is -0.753. The van der Waals surface area contributed by atoms with Crippen LogP contribution in [0.3, 0.4) is 0 Å². The van der Waals surface area contributed by atoms with Gasteiger partial charge < -0.3 is 10.0 Å². The van der Waals surface area contributed by atoms with Crippen LogP contribution in [0.25, 0.3) is 0 Å². The van der Waals surface area contributed by atoms with E-state index < -0.39 is 22.8 Å². The quantitative estimate of drug-likeness (QED) is 0.646. The number of hydrogen-bond acceptors (Lipinski definition) is 4. The van der Waals surface area contributed by atoms with Crippen LogP contribution in [-0.2, 0) is 0 Å². The number of β-amino-alcohol motifs (C(OH)–C–C–N with tert-alkyl or cyclic N) is 1. The Hall–Kier alpha value is -2.02. The van der Waals surface area contributed by atoms with Crippen LogP contribution in [0.2, 0.25) is 0 Å². The zero-order valence-electron chi connectivity index (χ0n) is 10.3. The number of benzene rings is 1. The first kappa shape index (κ1) is 13.4. The molecule has 1 unspecified atom stereocenters. The van der Waals surface area contributed by atoms with E-state index in [4.69, 9.17) is 0 Å². The average Bonchev–Trinajstić information content (AvgIpc) is 2.78. The highest BCUT2D eigenvalue weighted by molar-refractivity contribution is 5.95. The first-order valence-electron chi connectivity index (χ1n) is 5.82. The average molecular weight is 268 g/mol. The first-order chi connectivity index (χ1) is 8.90.